The fourth-order valence-corrected chi connectivity index (χ4v) is 2.89. The number of benzene rings is 1. The average Bonchev–Trinajstić information content (AvgIpc) is 2.60. The monoisotopic (exact) mass is 349 g/mol. The van der Waals surface area contributed by atoms with Gasteiger partial charge in [0.05, 0.1) is 10.5 Å². The van der Waals surface area contributed by atoms with Crippen LogP contribution < -0.4 is 11.1 Å². The summed E-state index contributed by atoms with van der Waals surface area (Å²) in [5.74, 6) is -0.780. The number of esters is 1. The zero-order valence-electron chi connectivity index (χ0n) is 14.2. The smallest absolute Gasteiger partial charge is 0.341 e. The predicted octanol–water partition coefficient (Wildman–Crippen LogP) is 2.42. The Balaban J connectivity index is 1.91. The summed E-state index contributed by atoms with van der Waals surface area (Å²) in [6.07, 6.45) is 4.78. The molecule has 2 rings (SSSR count). The van der Waals surface area contributed by atoms with Gasteiger partial charge in [0.25, 0.3) is 11.6 Å². The quantitative estimate of drug-likeness (QED) is 0.352. The van der Waals surface area contributed by atoms with Crippen LogP contribution in [0.1, 0.15) is 49.4 Å². The van der Waals surface area contributed by atoms with Crippen molar-refractivity contribution in [3.63, 3.8) is 0 Å². The predicted molar refractivity (Wildman–Crippen MR) is 92.0 cm³/mol. The van der Waals surface area contributed by atoms with E-state index in [9.17, 15) is 19.7 Å². The van der Waals surface area contributed by atoms with Crippen LogP contribution in [0.2, 0.25) is 0 Å². The van der Waals surface area contributed by atoms with E-state index in [4.69, 9.17) is 10.5 Å². The first kappa shape index (κ1) is 18.7. The highest BCUT2D eigenvalue weighted by atomic mass is 16.6. The maximum absolute atomic E-state index is 12.2. The van der Waals surface area contributed by atoms with E-state index in [1.54, 1.807) is 0 Å². The molecular weight excluding hydrogens is 326 g/mol. The Kier molecular flexibility index (Phi) is 6.32. The van der Waals surface area contributed by atoms with Crippen LogP contribution in [0.5, 0.6) is 0 Å². The van der Waals surface area contributed by atoms with Crippen LogP contribution in [-0.4, -0.2) is 29.4 Å². The summed E-state index contributed by atoms with van der Waals surface area (Å²) in [6.45, 7) is 2.03. The Bertz CT molecular complexity index is 656. The van der Waals surface area contributed by atoms with Crippen LogP contribution in [0.3, 0.4) is 0 Å². The van der Waals surface area contributed by atoms with Crippen molar-refractivity contribution in [3.05, 3.63) is 33.9 Å². The number of amides is 1. The van der Waals surface area contributed by atoms with Gasteiger partial charge in [-0.1, -0.05) is 19.3 Å². The number of carbonyl (C=O) groups excluding carboxylic acids is 2. The molecule has 136 valence electrons. The summed E-state index contributed by atoms with van der Waals surface area (Å²) in [5, 5.41) is 13.6. The second kappa shape index (κ2) is 8.46. The lowest BCUT2D eigenvalue weighted by atomic mass is 9.89. The second-order valence-electron chi connectivity index (χ2n) is 6.33. The third-order valence-corrected chi connectivity index (χ3v) is 4.41. The van der Waals surface area contributed by atoms with Crippen LogP contribution in [0, 0.1) is 16.0 Å². The summed E-state index contributed by atoms with van der Waals surface area (Å²) in [5.41, 5.74) is 5.34. The van der Waals surface area contributed by atoms with E-state index < -0.39 is 17.0 Å². The Morgan fingerprint density at radius 3 is 2.68 bits per heavy atom. The van der Waals surface area contributed by atoms with E-state index in [2.05, 4.69) is 5.32 Å². The van der Waals surface area contributed by atoms with Gasteiger partial charge in [0.2, 0.25) is 0 Å². The number of nitro groups is 1. The fraction of sp³-hybridized carbons (Fsp3) is 0.529. The van der Waals surface area contributed by atoms with Crippen molar-refractivity contribution in [3.8, 4) is 0 Å². The van der Waals surface area contributed by atoms with Crippen molar-refractivity contribution in [2.75, 3.05) is 12.3 Å². The molecule has 1 aliphatic carbocycles. The zero-order chi connectivity index (χ0) is 18.4. The van der Waals surface area contributed by atoms with Gasteiger partial charge in [-0.15, -0.1) is 0 Å². The number of nitrogen functional groups attached to an aromatic ring is 1. The van der Waals surface area contributed by atoms with Crippen molar-refractivity contribution in [1.29, 1.82) is 0 Å². The summed E-state index contributed by atoms with van der Waals surface area (Å²) in [4.78, 5) is 34.4. The van der Waals surface area contributed by atoms with Crippen LogP contribution in [0.15, 0.2) is 18.2 Å². The molecule has 8 nitrogen and oxygen atoms in total. The molecule has 0 saturated heterocycles. The molecule has 1 aliphatic rings. The lowest BCUT2D eigenvalue weighted by molar-refractivity contribution is -0.384. The average molecular weight is 349 g/mol. The van der Waals surface area contributed by atoms with Crippen LogP contribution in [-0.2, 0) is 9.53 Å². The molecule has 0 aliphatic heterocycles. The standard InChI is InChI=1S/C17H23N3O5/c1-11(16(21)19-10-12-5-3-2-4-6-12)25-17(22)14-9-13(20(23)24)7-8-15(14)18/h7-9,11-12H,2-6,10,18H2,1H3,(H,19,21). The maximum atomic E-state index is 12.2. The number of carbonyl (C=O) groups is 2. The minimum absolute atomic E-state index is 0.0606. The Hall–Kier alpha value is -2.64. The van der Waals surface area contributed by atoms with E-state index in [-0.39, 0.29) is 22.8 Å². The summed E-state index contributed by atoms with van der Waals surface area (Å²) >= 11 is 0. The number of nitrogens with one attached hydrogen (secondary N) is 1. The normalized spacial score (nSPS) is 16.0. The van der Waals surface area contributed by atoms with E-state index >= 15 is 0 Å². The van der Waals surface area contributed by atoms with Gasteiger partial charge in [-0.05, 0) is 31.7 Å². The highest BCUT2D eigenvalue weighted by molar-refractivity contribution is 5.97. The van der Waals surface area contributed by atoms with Gasteiger partial charge in [-0.25, -0.2) is 4.79 Å². The number of hydrogen-bond acceptors (Lipinski definition) is 6. The summed E-state index contributed by atoms with van der Waals surface area (Å²) < 4.78 is 5.10. The molecule has 1 unspecified atom stereocenters. The molecular formula is C17H23N3O5. The van der Waals surface area contributed by atoms with Crippen LogP contribution in [0.25, 0.3) is 0 Å². The number of nitrogens with zero attached hydrogens (tertiary/aromatic N) is 1. The number of rotatable bonds is 6. The van der Waals surface area contributed by atoms with E-state index in [0.717, 1.165) is 18.9 Å². The molecule has 25 heavy (non-hydrogen) atoms. The molecule has 0 aromatic heterocycles. The number of nitro benzene ring substituents is 1. The lowest BCUT2D eigenvalue weighted by Crippen LogP contribution is -2.38. The van der Waals surface area contributed by atoms with E-state index in [1.165, 1.54) is 38.3 Å². The van der Waals surface area contributed by atoms with E-state index in [1.807, 2.05) is 0 Å². The van der Waals surface area contributed by atoms with Gasteiger partial charge in [0.1, 0.15) is 0 Å². The molecule has 0 bridgehead atoms. The molecule has 1 aromatic rings. The first-order valence-electron chi connectivity index (χ1n) is 8.41. The Morgan fingerprint density at radius 2 is 2.04 bits per heavy atom. The summed E-state index contributed by atoms with van der Waals surface area (Å²) in [7, 11) is 0. The topological polar surface area (TPSA) is 125 Å². The maximum Gasteiger partial charge on any atom is 0.341 e. The first-order chi connectivity index (χ1) is 11.9. The Morgan fingerprint density at radius 1 is 1.36 bits per heavy atom. The van der Waals surface area contributed by atoms with Crippen molar-refractivity contribution in [2.45, 2.75) is 45.1 Å². The Labute approximate surface area is 145 Å². The highest BCUT2D eigenvalue weighted by Gasteiger charge is 2.23. The van der Waals surface area contributed by atoms with Gasteiger partial charge in [-0.2, -0.15) is 0 Å². The third-order valence-electron chi connectivity index (χ3n) is 4.41. The number of anilines is 1. The molecule has 1 saturated carbocycles. The second-order valence-corrected chi connectivity index (χ2v) is 6.33. The molecule has 1 aromatic carbocycles. The number of non-ortho nitro benzene ring substituents is 1. The third kappa shape index (κ3) is 5.17. The van der Waals surface area contributed by atoms with E-state index in [0.29, 0.717) is 12.5 Å². The highest BCUT2D eigenvalue weighted by Crippen LogP contribution is 2.23. The van der Waals surface area contributed by atoms with Gasteiger partial charge in [0.15, 0.2) is 6.10 Å². The first-order valence-corrected chi connectivity index (χ1v) is 8.41. The minimum atomic E-state index is -1.00. The van der Waals surface area contributed by atoms with Crippen molar-refractivity contribution in [1.82, 2.24) is 5.32 Å². The van der Waals surface area contributed by atoms with Crippen LogP contribution in [0.4, 0.5) is 11.4 Å². The molecule has 1 fully saturated rings. The lowest BCUT2D eigenvalue weighted by Gasteiger charge is -2.22. The molecule has 0 radical (unpaired) electrons. The molecule has 1 atom stereocenters. The van der Waals surface area contributed by atoms with Crippen molar-refractivity contribution >= 4 is 23.3 Å². The minimum Gasteiger partial charge on any atom is -0.449 e. The molecule has 0 heterocycles. The van der Waals surface area contributed by atoms with Crippen molar-refractivity contribution < 1.29 is 19.2 Å². The van der Waals surface area contributed by atoms with Gasteiger partial charge < -0.3 is 15.8 Å². The van der Waals surface area contributed by atoms with Gasteiger partial charge in [0, 0.05) is 24.4 Å². The molecule has 8 heteroatoms. The molecule has 3 N–H and O–H groups in total. The van der Waals surface area contributed by atoms with Crippen molar-refractivity contribution in [2.24, 2.45) is 5.92 Å². The summed E-state index contributed by atoms with van der Waals surface area (Å²) in [6, 6.07) is 3.51. The van der Waals surface area contributed by atoms with Gasteiger partial charge >= 0.3 is 5.97 Å². The number of ether oxygens (including phenoxy) is 1. The largest absolute Gasteiger partial charge is 0.449 e. The number of hydrogen-bond donors (Lipinski definition) is 2. The zero-order valence-corrected chi connectivity index (χ0v) is 14.2. The van der Waals surface area contributed by atoms with Crippen LogP contribution >= 0.6 is 0 Å². The molecule has 0 spiro atoms. The number of nitrogens with two attached hydrogens (primary N) is 1. The fourth-order valence-electron chi connectivity index (χ4n) is 2.89. The van der Waals surface area contributed by atoms with Gasteiger partial charge in [-0.3, -0.25) is 14.9 Å². The molecule has 1 amide bonds. The SMILES string of the molecule is CC(OC(=O)c1cc([N+](=O)[O-])ccc1N)C(=O)NCC1CCCCC1.